The summed E-state index contributed by atoms with van der Waals surface area (Å²) in [6.07, 6.45) is 0. The van der Waals surface area contributed by atoms with E-state index in [1.807, 2.05) is 26.0 Å². The van der Waals surface area contributed by atoms with E-state index in [0.717, 1.165) is 11.3 Å². The largest absolute Gasteiger partial charge is 0.494 e. The van der Waals surface area contributed by atoms with Crippen molar-refractivity contribution in [1.82, 2.24) is 0 Å². The second-order valence-electron chi connectivity index (χ2n) is 2.94. The lowest BCUT2D eigenvalue weighted by Crippen LogP contribution is -2.05. The topological polar surface area (TPSA) is 35.2 Å². The molecule has 0 spiro atoms. The van der Waals surface area contributed by atoms with Crippen molar-refractivity contribution in [1.29, 1.82) is 0 Å². The Morgan fingerprint density at radius 2 is 2.15 bits per heavy atom. The van der Waals surface area contributed by atoms with E-state index >= 15 is 0 Å². The molecule has 0 amide bonds. The van der Waals surface area contributed by atoms with E-state index in [9.17, 15) is 0 Å². The number of ether oxygens (including phenoxy) is 1. The summed E-state index contributed by atoms with van der Waals surface area (Å²) in [7, 11) is 0. The third-order valence-electron chi connectivity index (χ3n) is 1.73. The van der Waals surface area contributed by atoms with Crippen LogP contribution in [0.25, 0.3) is 0 Å². The fourth-order valence-electron chi connectivity index (χ4n) is 1.10. The number of nitrogens with two attached hydrogens (primary N) is 1. The molecule has 1 atom stereocenters. The summed E-state index contributed by atoms with van der Waals surface area (Å²) >= 11 is 5.89. The van der Waals surface area contributed by atoms with Gasteiger partial charge in [-0.15, -0.1) is 0 Å². The van der Waals surface area contributed by atoms with Crippen molar-refractivity contribution < 1.29 is 4.74 Å². The molecule has 72 valence electrons. The Morgan fingerprint density at radius 1 is 1.46 bits per heavy atom. The van der Waals surface area contributed by atoms with E-state index in [0.29, 0.717) is 11.6 Å². The highest BCUT2D eigenvalue weighted by molar-refractivity contribution is 6.30. The maximum Gasteiger partial charge on any atom is 0.121 e. The number of hydrogen-bond donors (Lipinski definition) is 1. The van der Waals surface area contributed by atoms with Gasteiger partial charge in [-0.1, -0.05) is 11.6 Å². The highest BCUT2D eigenvalue weighted by Crippen LogP contribution is 2.23. The average Bonchev–Trinajstić information content (AvgIpc) is 2.03. The standard InChI is InChI=1S/C10H14ClNO/c1-3-13-10-5-8(7(2)12)4-9(11)6-10/h4-7H,3,12H2,1-2H3. The maximum atomic E-state index is 5.89. The van der Waals surface area contributed by atoms with Crippen molar-refractivity contribution in [3.63, 3.8) is 0 Å². The highest BCUT2D eigenvalue weighted by Gasteiger charge is 2.03. The molecule has 0 aromatic heterocycles. The molecule has 1 unspecified atom stereocenters. The minimum atomic E-state index is -0.0158. The summed E-state index contributed by atoms with van der Waals surface area (Å²) in [5, 5.41) is 0.665. The predicted octanol–water partition coefficient (Wildman–Crippen LogP) is 2.76. The van der Waals surface area contributed by atoms with Gasteiger partial charge in [-0.25, -0.2) is 0 Å². The molecule has 0 heterocycles. The normalized spacial score (nSPS) is 12.6. The summed E-state index contributed by atoms with van der Waals surface area (Å²) in [5.74, 6) is 0.780. The molecule has 1 aromatic rings. The first-order valence-electron chi connectivity index (χ1n) is 4.32. The zero-order chi connectivity index (χ0) is 9.84. The third-order valence-corrected chi connectivity index (χ3v) is 1.95. The van der Waals surface area contributed by atoms with Crippen LogP contribution in [-0.2, 0) is 0 Å². The first-order chi connectivity index (χ1) is 6.13. The van der Waals surface area contributed by atoms with Gasteiger partial charge in [-0.2, -0.15) is 0 Å². The Kier molecular flexibility index (Phi) is 3.58. The van der Waals surface area contributed by atoms with Gasteiger partial charge in [0, 0.05) is 11.1 Å². The van der Waals surface area contributed by atoms with Crippen molar-refractivity contribution in [3.05, 3.63) is 28.8 Å². The quantitative estimate of drug-likeness (QED) is 0.813. The lowest BCUT2D eigenvalue weighted by molar-refractivity contribution is 0.339. The summed E-state index contributed by atoms with van der Waals surface area (Å²) in [6, 6.07) is 5.55. The molecule has 1 rings (SSSR count). The van der Waals surface area contributed by atoms with Crippen molar-refractivity contribution in [2.24, 2.45) is 5.73 Å². The second kappa shape index (κ2) is 4.49. The van der Waals surface area contributed by atoms with Crippen LogP contribution in [-0.4, -0.2) is 6.61 Å². The Morgan fingerprint density at radius 3 is 2.69 bits per heavy atom. The molecular weight excluding hydrogens is 186 g/mol. The molecule has 0 bridgehead atoms. The number of halogens is 1. The molecule has 0 radical (unpaired) electrons. The summed E-state index contributed by atoms with van der Waals surface area (Å²) in [6.45, 7) is 4.49. The SMILES string of the molecule is CCOc1cc(Cl)cc(C(C)N)c1. The van der Waals surface area contributed by atoms with Gasteiger partial charge in [0.2, 0.25) is 0 Å². The van der Waals surface area contributed by atoms with Crippen molar-refractivity contribution >= 4 is 11.6 Å². The number of rotatable bonds is 3. The summed E-state index contributed by atoms with van der Waals surface area (Å²) in [5.41, 5.74) is 6.73. The van der Waals surface area contributed by atoms with Gasteiger partial charge in [-0.3, -0.25) is 0 Å². The molecule has 0 aliphatic heterocycles. The lowest BCUT2D eigenvalue weighted by Gasteiger charge is -2.09. The van der Waals surface area contributed by atoms with Crippen LogP contribution in [0.4, 0.5) is 0 Å². The van der Waals surface area contributed by atoms with Crippen molar-refractivity contribution in [2.45, 2.75) is 19.9 Å². The Bertz CT molecular complexity index is 286. The lowest BCUT2D eigenvalue weighted by atomic mass is 10.1. The van der Waals surface area contributed by atoms with E-state index < -0.39 is 0 Å². The fraction of sp³-hybridized carbons (Fsp3) is 0.400. The molecule has 13 heavy (non-hydrogen) atoms. The van der Waals surface area contributed by atoms with Crippen LogP contribution in [0.1, 0.15) is 25.5 Å². The second-order valence-corrected chi connectivity index (χ2v) is 3.38. The van der Waals surface area contributed by atoms with Crippen molar-refractivity contribution in [2.75, 3.05) is 6.61 Å². The Hall–Kier alpha value is -0.730. The van der Waals surface area contributed by atoms with E-state index in [2.05, 4.69) is 0 Å². The molecular formula is C10H14ClNO. The van der Waals surface area contributed by atoms with Crippen LogP contribution in [0.2, 0.25) is 5.02 Å². The van der Waals surface area contributed by atoms with Crippen LogP contribution in [0.5, 0.6) is 5.75 Å². The van der Waals surface area contributed by atoms with Gasteiger partial charge in [0.1, 0.15) is 5.75 Å². The molecule has 0 aliphatic rings. The third kappa shape index (κ3) is 2.90. The number of benzene rings is 1. The zero-order valence-electron chi connectivity index (χ0n) is 7.88. The first kappa shape index (κ1) is 10.4. The minimum Gasteiger partial charge on any atom is -0.494 e. The molecule has 0 fully saturated rings. The monoisotopic (exact) mass is 199 g/mol. The van der Waals surface area contributed by atoms with Gasteiger partial charge < -0.3 is 10.5 Å². The Labute approximate surface area is 83.6 Å². The van der Waals surface area contributed by atoms with Gasteiger partial charge >= 0.3 is 0 Å². The van der Waals surface area contributed by atoms with Crippen LogP contribution in [0.3, 0.4) is 0 Å². The van der Waals surface area contributed by atoms with Crippen LogP contribution in [0, 0.1) is 0 Å². The molecule has 2 nitrogen and oxygen atoms in total. The molecule has 0 aliphatic carbocycles. The molecule has 3 heteroatoms. The molecule has 0 saturated carbocycles. The summed E-state index contributed by atoms with van der Waals surface area (Å²) in [4.78, 5) is 0. The molecule has 1 aromatic carbocycles. The molecule has 0 saturated heterocycles. The van der Waals surface area contributed by atoms with Gasteiger partial charge in [-0.05, 0) is 37.6 Å². The maximum absolute atomic E-state index is 5.89. The van der Waals surface area contributed by atoms with Crippen LogP contribution >= 0.6 is 11.6 Å². The van der Waals surface area contributed by atoms with E-state index in [1.54, 1.807) is 6.07 Å². The van der Waals surface area contributed by atoms with Gasteiger partial charge in [0.05, 0.1) is 6.61 Å². The first-order valence-corrected chi connectivity index (χ1v) is 4.70. The molecule has 2 N–H and O–H groups in total. The van der Waals surface area contributed by atoms with Crippen LogP contribution < -0.4 is 10.5 Å². The van der Waals surface area contributed by atoms with Gasteiger partial charge in [0.25, 0.3) is 0 Å². The summed E-state index contributed by atoms with van der Waals surface area (Å²) < 4.78 is 5.34. The smallest absolute Gasteiger partial charge is 0.121 e. The van der Waals surface area contributed by atoms with E-state index in [1.165, 1.54) is 0 Å². The minimum absolute atomic E-state index is 0.0158. The van der Waals surface area contributed by atoms with Gasteiger partial charge in [0.15, 0.2) is 0 Å². The average molecular weight is 200 g/mol. The predicted molar refractivity (Wildman–Crippen MR) is 55.2 cm³/mol. The zero-order valence-corrected chi connectivity index (χ0v) is 8.64. The van der Waals surface area contributed by atoms with Crippen LogP contribution in [0.15, 0.2) is 18.2 Å². The number of hydrogen-bond acceptors (Lipinski definition) is 2. The Balaban J connectivity index is 2.96. The van der Waals surface area contributed by atoms with E-state index in [4.69, 9.17) is 22.1 Å². The fourth-order valence-corrected chi connectivity index (χ4v) is 1.33. The van der Waals surface area contributed by atoms with Crippen molar-refractivity contribution in [3.8, 4) is 5.75 Å². The van der Waals surface area contributed by atoms with E-state index in [-0.39, 0.29) is 6.04 Å². The highest BCUT2D eigenvalue weighted by atomic mass is 35.5.